The predicted octanol–water partition coefficient (Wildman–Crippen LogP) is 1.42. The maximum Gasteiger partial charge on any atom is 0.269 e. The Hall–Kier alpha value is -1.62. The monoisotopic (exact) mass is 249 g/mol. The summed E-state index contributed by atoms with van der Waals surface area (Å²) in [7, 11) is 1.82. The van der Waals surface area contributed by atoms with Crippen LogP contribution in [0, 0.1) is 0 Å². The second kappa shape index (κ2) is 6.35. The zero-order valence-electron chi connectivity index (χ0n) is 10.6. The van der Waals surface area contributed by atoms with Crippen molar-refractivity contribution in [3.05, 3.63) is 24.0 Å². The molecule has 0 aliphatic carbocycles. The summed E-state index contributed by atoms with van der Waals surface area (Å²) in [4.78, 5) is 15.9. The molecule has 0 spiro atoms. The van der Waals surface area contributed by atoms with Crippen LogP contribution in [-0.2, 0) is 4.74 Å². The first-order valence-corrected chi connectivity index (χ1v) is 6.33. The molecule has 1 amide bonds. The minimum atomic E-state index is -0.146. The van der Waals surface area contributed by atoms with Crippen LogP contribution < -0.4 is 10.6 Å². The maximum atomic E-state index is 11.8. The Morgan fingerprint density at radius 2 is 2.39 bits per heavy atom. The van der Waals surface area contributed by atoms with Gasteiger partial charge in [0.25, 0.3) is 5.91 Å². The van der Waals surface area contributed by atoms with Crippen LogP contribution in [0.2, 0.25) is 0 Å². The zero-order valence-corrected chi connectivity index (χ0v) is 10.6. The van der Waals surface area contributed by atoms with Crippen molar-refractivity contribution in [3.63, 3.8) is 0 Å². The number of amides is 1. The fraction of sp³-hybridized carbons (Fsp3) is 0.538. The normalized spacial score (nSPS) is 19.3. The molecule has 98 valence electrons. The molecule has 18 heavy (non-hydrogen) atoms. The van der Waals surface area contributed by atoms with Crippen LogP contribution >= 0.6 is 0 Å². The van der Waals surface area contributed by atoms with E-state index in [0.717, 1.165) is 25.1 Å². The number of hydrogen-bond acceptors (Lipinski definition) is 4. The number of ether oxygens (including phenoxy) is 1. The van der Waals surface area contributed by atoms with E-state index in [1.165, 1.54) is 6.42 Å². The first-order chi connectivity index (χ1) is 8.79. The highest BCUT2D eigenvalue weighted by Crippen LogP contribution is 2.11. The third-order valence-electron chi connectivity index (χ3n) is 3.05. The Bertz CT molecular complexity index is 386. The number of carbonyl (C=O) groups excluding carboxylic acids is 1. The lowest BCUT2D eigenvalue weighted by atomic mass is 10.1. The highest BCUT2D eigenvalue weighted by Gasteiger charge is 2.15. The fourth-order valence-corrected chi connectivity index (χ4v) is 1.94. The SMILES string of the molecule is CNc1ccc(C(=O)NCC2CCCCO2)nc1. The summed E-state index contributed by atoms with van der Waals surface area (Å²) in [5.74, 6) is -0.146. The topological polar surface area (TPSA) is 63.2 Å². The van der Waals surface area contributed by atoms with Gasteiger partial charge in [0.05, 0.1) is 18.0 Å². The van der Waals surface area contributed by atoms with Crippen LogP contribution in [0.15, 0.2) is 18.3 Å². The summed E-state index contributed by atoms with van der Waals surface area (Å²) in [5, 5.41) is 5.82. The minimum Gasteiger partial charge on any atom is -0.387 e. The van der Waals surface area contributed by atoms with Gasteiger partial charge in [-0.25, -0.2) is 4.98 Å². The van der Waals surface area contributed by atoms with Gasteiger partial charge >= 0.3 is 0 Å². The molecular formula is C13H19N3O2. The first kappa shape index (κ1) is 12.8. The van der Waals surface area contributed by atoms with Crippen LogP contribution in [0.25, 0.3) is 0 Å². The molecule has 0 saturated carbocycles. The number of hydrogen-bond donors (Lipinski definition) is 2. The molecule has 0 radical (unpaired) electrons. The highest BCUT2D eigenvalue weighted by molar-refractivity contribution is 5.92. The zero-order chi connectivity index (χ0) is 12.8. The highest BCUT2D eigenvalue weighted by atomic mass is 16.5. The number of carbonyl (C=O) groups is 1. The number of anilines is 1. The van der Waals surface area contributed by atoms with Crippen molar-refractivity contribution >= 4 is 11.6 Å². The second-order valence-corrected chi connectivity index (χ2v) is 4.38. The maximum absolute atomic E-state index is 11.8. The molecule has 1 aromatic heterocycles. The van der Waals surface area contributed by atoms with Gasteiger partial charge in [-0.15, -0.1) is 0 Å². The van der Waals surface area contributed by atoms with Crippen LogP contribution in [0.1, 0.15) is 29.8 Å². The smallest absolute Gasteiger partial charge is 0.269 e. The average molecular weight is 249 g/mol. The Balaban J connectivity index is 1.82. The lowest BCUT2D eigenvalue weighted by molar-refractivity contribution is 0.0168. The van der Waals surface area contributed by atoms with Crippen molar-refractivity contribution < 1.29 is 9.53 Å². The summed E-state index contributed by atoms with van der Waals surface area (Å²) < 4.78 is 5.56. The summed E-state index contributed by atoms with van der Waals surface area (Å²) in [6.45, 7) is 1.37. The Kier molecular flexibility index (Phi) is 4.52. The van der Waals surface area contributed by atoms with Gasteiger partial charge in [0.2, 0.25) is 0 Å². The Labute approximate surface area is 107 Å². The van der Waals surface area contributed by atoms with Gasteiger partial charge < -0.3 is 15.4 Å². The fourth-order valence-electron chi connectivity index (χ4n) is 1.94. The van der Waals surface area contributed by atoms with Gasteiger partial charge in [0.15, 0.2) is 0 Å². The molecule has 2 heterocycles. The van der Waals surface area contributed by atoms with Crippen LogP contribution in [-0.4, -0.2) is 37.2 Å². The van der Waals surface area contributed by atoms with Gasteiger partial charge in [-0.2, -0.15) is 0 Å². The van der Waals surface area contributed by atoms with Gasteiger partial charge in [-0.3, -0.25) is 4.79 Å². The Morgan fingerprint density at radius 3 is 3.00 bits per heavy atom. The molecule has 0 aromatic carbocycles. The quantitative estimate of drug-likeness (QED) is 0.847. The average Bonchev–Trinajstić information content (AvgIpc) is 2.46. The third-order valence-corrected chi connectivity index (χ3v) is 3.05. The van der Waals surface area contributed by atoms with E-state index in [4.69, 9.17) is 4.74 Å². The van der Waals surface area contributed by atoms with Gasteiger partial charge in [0.1, 0.15) is 5.69 Å². The molecular weight excluding hydrogens is 230 g/mol. The summed E-state index contributed by atoms with van der Waals surface area (Å²) in [5.41, 5.74) is 1.33. The molecule has 1 aliphatic heterocycles. The van der Waals surface area contributed by atoms with Crippen LogP contribution in [0.4, 0.5) is 5.69 Å². The van der Waals surface area contributed by atoms with E-state index in [2.05, 4.69) is 15.6 Å². The molecule has 1 aromatic rings. The first-order valence-electron chi connectivity index (χ1n) is 6.33. The lowest BCUT2D eigenvalue weighted by Crippen LogP contribution is -2.35. The van der Waals surface area contributed by atoms with Crippen molar-refractivity contribution in [2.75, 3.05) is 25.5 Å². The molecule has 5 nitrogen and oxygen atoms in total. The molecule has 1 atom stereocenters. The molecule has 5 heteroatoms. The molecule has 1 fully saturated rings. The van der Waals surface area contributed by atoms with Gasteiger partial charge in [-0.05, 0) is 31.4 Å². The number of nitrogens with zero attached hydrogens (tertiary/aromatic N) is 1. The summed E-state index contributed by atoms with van der Waals surface area (Å²) in [6.07, 6.45) is 5.12. The van der Waals surface area contributed by atoms with Crippen molar-refractivity contribution in [1.29, 1.82) is 0 Å². The molecule has 1 aliphatic rings. The van der Waals surface area contributed by atoms with Crippen molar-refractivity contribution in [3.8, 4) is 0 Å². The van der Waals surface area contributed by atoms with E-state index in [9.17, 15) is 4.79 Å². The number of rotatable bonds is 4. The molecule has 0 bridgehead atoms. The molecule has 1 unspecified atom stereocenters. The third kappa shape index (κ3) is 3.43. The standard InChI is InChI=1S/C13H19N3O2/c1-14-10-5-6-12(15-8-10)13(17)16-9-11-4-2-3-7-18-11/h5-6,8,11,14H,2-4,7,9H2,1H3,(H,16,17). The van der Waals surface area contributed by atoms with Gasteiger partial charge in [0, 0.05) is 20.2 Å². The second-order valence-electron chi connectivity index (χ2n) is 4.38. The minimum absolute atomic E-state index is 0.146. The van der Waals surface area contributed by atoms with Crippen molar-refractivity contribution in [2.24, 2.45) is 0 Å². The largest absolute Gasteiger partial charge is 0.387 e. The Morgan fingerprint density at radius 1 is 1.50 bits per heavy atom. The van der Waals surface area contributed by atoms with E-state index in [1.807, 2.05) is 13.1 Å². The molecule has 2 rings (SSSR count). The summed E-state index contributed by atoms with van der Waals surface area (Å²) >= 11 is 0. The predicted molar refractivity (Wildman–Crippen MR) is 69.7 cm³/mol. The van der Waals surface area contributed by atoms with E-state index < -0.39 is 0 Å². The van der Waals surface area contributed by atoms with Crippen molar-refractivity contribution in [1.82, 2.24) is 10.3 Å². The summed E-state index contributed by atoms with van der Waals surface area (Å²) in [6, 6.07) is 3.54. The van der Waals surface area contributed by atoms with Gasteiger partial charge in [-0.1, -0.05) is 0 Å². The van der Waals surface area contributed by atoms with Crippen molar-refractivity contribution in [2.45, 2.75) is 25.4 Å². The lowest BCUT2D eigenvalue weighted by Gasteiger charge is -2.22. The molecule has 1 saturated heterocycles. The van der Waals surface area contributed by atoms with Crippen LogP contribution in [0.3, 0.4) is 0 Å². The van der Waals surface area contributed by atoms with E-state index in [-0.39, 0.29) is 12.0 Å². The van der Waals surface area contributed by atoms with E-state index >= 15 is 0 Å². The van der Waals surface area contributed by atoms with E-state index in [0.29, 0.717) is 12.2 Å². The number of nitrogens with one attached hydrogen (secondary N) is 2. The molecule has 2 N–H and O–H groups in total. The number of pyridine rings is 1. The van der Waals surface area contributed by atoms with E-state index in [1.54, 1.807) is 12.3 Å². The van der Waals surface area contributed by atoms with Crippen LogP contribution in [0.5, 0.6) is 0 Å². The number of aromatic nitrogens is 1.